The van der Waals surface area contributed by atoms with Crippen molar-refractivity contribution in [1.82, 2.24) is 4.90 Å². The van der Waals surface area contributed by atoms with Crippen molar-refractivity contribution in [2.24, 2.45) is 4.99 Å². The minimum absolute atomic E-state index is 0. The molecule has 0 N–H and O–H groups in total. The molecule has 1 aliphatic rings. The van der Waals surface area contributed by atoms with E-state index in [0.29, 0.717) is 0 Å². The topological polar surface area (TPSA) is 28.7 Å². The summed E-state index contributed by atoms with van der Waals surface area (Å²) in [4.78, 5) is 7.29. The van der Waals surface area contributed by atoms with Gasteiger partial charge in [-0.1, -0.05) is 39.1 Å². The van der Waals surface area contributed by atoms with Gasteiger partial charge >= 0.3 is 0 Å². The zero-order valence-corrected chi connectivity index (χ0v) is 18.6. The first-order chi connectivity index (χ1) is 13.9. The molecule has 0 spiro atoms. The number of piperidine rings is 1. The fourth-order valence-corrected chi connectivity index (χ4v) is 3.96. The molecule has 30 heavy (non-hydrogen) atoms. The second-order valence-corrected chi connectivity index (χ2v) is 8.12. The molecule has 0 amide bonds. The van der Waals surface area contributed by atoms with Gasteiger partial charge < -0.3 is 9.32 Å². The van der Waals surface area contributed by atoms with Crippen molar-refractivity contribution in [2.45, 2.75) is 67.7 Å². The largest absolute Gasteiger partial charge is 0.456 e. The number of furan rings is 1. The van der Waals surface area contributed by atoms with Crippen LogP contribution in [0.4, 0.5) is 0 Å². The Hall–Kier alpha value is -2.55. The molecule has 0 bridgehead atoms. The maximum Gasteiger partial charge on any atom is 0.137 e. The molecule has 3 heteroatoms. The van der Waals surface area contributed by atoms with E-state index in [1.54, 1.807) is 0 Å². The van der Waals surface area contributed by atoms with Gasteiger partial charge in [0, 0.05) is 29.9 Å². The minimum atomic E-state index is 0. The van der Waals surface area contributed by atoms with Gasteiger partial charge in [-0.3, -0.25) is 4.99 Å². The second-order valence-electron chi connectivity index (χ2n) is 8.12. The predicted molar refractivity (Wildman–Crippen MR) is 132 cm³/mol. The van der Waals surface area contributed by atoms with Crippen molar-refractivity contribution in [3.05, 3.63) is 65.2 Å². The third-order valence-corrected chi connectivity index (χ3v) is 5.82. The fourth-order valence-electron chi connectivity index (χ4n) is 3.96. The van der Waals surface area contributed by atoms with Crippen LogP contribution in [0.3, 0.4) is 0 Å². The van der Waals surface area contributed by atoms with Crippen molar-refractivity contribution in [2.75, 3.05) is 13.1 Å². The van der Waals surface area contributed by atoms with Gasteiger partial charge in [0.25, 0.3) is 0 Å². The number of para-hydroxylation sites is 1. The Balaban J connectivity index is 0.00000320. The molecule has 2 aromatic rings. The van der Waals surface area contributed by atoms with Crippen LogP contribution in [0, 0.1) is 6.92 Å². The van der Waals surface area contributed by atoms with Gasteiger partial charge in [-0.15, -0.1) is 0 Å². The van der Waals surface area contributed by atoms with Crippen molar-refractivity contribution >= 4 is 22.3 Å². The minimum Gasteiger partial charge on any atom is -0.456 e. The van der Waals surface area contributed by atoms with E-state index in [2.05, 4.69) is 69.5 Å². The summed E-state index contributed by atoms with van der Waals surface area (Å²) >= 11 is 0. The Bertz CT molecular complexity index is 981. The molecule has 1 aromatic carbocycles. The van der Waals surface area contributed by atoms with Gasteiger partial charge in [0.2, 0.25) is 0 Å². The van der Waals surface area contributed by atoms with E-state index < -0.39 is 0 Å². The quantitative estimate of drug-likeness (QED) is 0.456. The summed E-state index contributed by atoms with van der Waals surface area (Å²) in [6.07, 6.45) is 6.94. The van der Waals surface area contributed by atoms with Crippen molar-refractivity contribution < 1.29 is 4.42 Å². The maximum absolute atomic E-state index is 6.24. The summed E-state index contributed by atoms with van der Waals surface area (Å²) in [5, 5.41) is 1.15. The summed E-state index contributed by atoms with van der Waals surface area (Å²) in [7, 11) is 0. The second kappa shape index (κ2) is 10.5. The smallest absolute Gasteiger partial charge is 0.137 e. The summed E-state index contributed by atoms with van der Waals surface area (Å²) in [5.41, 5.74) is 7.62. The van der Waals surface area contributed by atoms with Gasteiger partial charge in [-0.25, -0.2) is 0 Å². The third kappa shape index (κ3) is 5.33. The number of aryl methyl sites for hydroxylation is 1. The van der Waals surface area contributed by atoms with Gasteiger partial charge in [0.15, 0.2) is 0 Å². The predicted octanol–water partition coefficient (Wildman–Crippen LogP) is 7.93. The van der Waals surface area contributed by atoms with Crippen LogP contribution >= 0.6 is 0 Å². The molecule has 0 aliphatic carbocycles. The Labute approximate surface area is 182 Å². The molecule has 1 aromatic heterocycles. The summed E-state index contributed by atoms with van der Waals surface area (Å²) in [6.45, 7) is 16.9. The molecule has 1 fully saturated rings. The Morgan fingerprint density at radius 3 is 2.47 bits per heavy atom. The lowest BCUT2D eigenvalue weighted by Gasteiger charge is -2.31. The average Bonchev–Trinajstić information content (AvgIpc) is 3.16. The lowest BCUT2D eigenvalue weighted by atomic mass is 10.0. The van der Waals surface area contributed by atoms with Gasteiger partial charge in [-0.2, -0.15) is 0 Å². The third-order valence-electron chi connectivity index (χ3n) is 5.82. The van der Waals surface area contributed by atoms with Crippen LogP contribution in [-0.4, -0.2) is 23.7 Å². The standard InChI is InChI=1S/C26H34N2O.CH4/c1-7-22(25-17-23-13-11-12-19(4)26(23)29-25)16-24(27-18(2)3)20(5)21(6)28-14-9-8-10-15-28;/h11-13,16-17H,2,7-10,14-15H2,1,3-6H3;1H4/b21-20+,22-16+,27-24?;. The molecule has 1 aliphatic heterocycles. The van der Waals surface area contributed by atoms with Crippen molar-refractivity contribution in [3.63, 3.8) is 0 Å². The van der Waals surface area contributed by atoms with E-state index >= 15 is 0 Å². The number of allylic oxidation sites excluding steroid dienone is 5. The molecule has 1 saturated heterocycles. The number of aliphatic imine (C=N–C) groups is 1. The zero-order chi connectivity index (χ0) is 21.0. The Morgan fingerprint density at radius 2 is 1.87 bits per heavy atom. The van der Waals surface area contributed by atoms with Crippen LogP contribution in [-0.2, 0) is 0 Å². The van der Waals surface area contributed by atoms with E-state index in [4.69, 9.17) is 9.41 Å². The lowest BCUT2D eigenvalue weighted by molar-refractivity contribution is 0.284. The number of rotatable bonds is 6. The average molecular weight is 407 g/mol. The molecule has 162 valence electrons. The number of benzene rings is 1. The summed E-state index contributed by atoms with van der Waals surface area (Å²) in [6, 6.07) is 8.42. The van der Waals surface area contributed by atoms with Crippen LogP contribution in [0.5, 0.6) is 0 Å². The first-order valence-electron chi connectivity index (χ1n) is 10.8. The Morgan fingerprint density at radius 1 is 1.17 bits per heavy atom. The molecule has 0 unspecified atom stereocenters. The first-order valence-corrected chi connectivity index (χ1v) is 10.8. The summed E-state index contributed by atoms with van der Waals surface area (Å²) < 4.78 is 6.24. The van der Waals surface area contributed by atoms with Crippen LogP contribution < -0.4 is 0 Å². The van der Waals surface area contributed by atoms with Crippen LogP contribution in [0.15, 0.2) is 63.3 Å². The SMILES string of the molecule is C.C=C(C)N=C(/C=C(\CC)c1cc2cccc(C)c2o1)/C(C)=C(\C)N1CCCCC1. The van der Waals surface area contributed by atoms with Crippen molar-refractivity contribution in [1.29, 1.82) is 0 Å². The highest BCUT2D eigenvalue weighted by Crippen LogP contribution is 2.29. The van der Waals surface area contributed by atoms with Crippen LogP contribution in [0.25, 0.3) is 16.5 Å². The zero-order valence-electron chi connectivity index (χ0n) is 18.6. The number of hydrogen-bond acceptors (Lipinski definition) is 3. The maximum atomic E-state index is 6.24. The monoisotopic (exact) mass is 406 g/mol. The first kappa shape index (κ1) is 23.7. The molecule has 0 atom stereocenters. The number of hydrogen-bond donors (Lipinski definition) is 0. The molecule has 3 nitrogen and oxygen atoms in total. The number of fused-ring (bicyclic) bond motifs is 1. The number of likely N-dealkylation sites (tertiary alicyclic amines) is 1. The van der Waals surface area contributed by atoms with E-state index in [0.717, 1.165) is 58.8 Å². The highest BCUT2D eigenvalue weighted by atomic mass is 16.3. The van der Waals surface area contributed by atoms with Gasteiger partial charge in [0.1, 0.15) is 11.3 Å². The normalized spacial score (nSPS) is 16.4. The molecule has 0 radical (unpaired) electrons. The van der Waals surface area contributed by atoms with E-state index in [-0.39, 0.29) is 7.43 Å². The molecule has 0 saturated carbocycles. The van der Waals surface area contributed by atoms with Gasteiger partial charge in [0.05, 0.1) is 5.71 Å². The van der Waals surface area contributed by atoms with Crippen LogP contribution in [0.2, 0.25) is 0 Å². The molecule has 3 rings (SSSR count). The fraction of sp³-hybridized carbons (Fsp3) is 0.444. The van der Waals surface area contributed by atoms with E-state index in [9.17, 15) is 0 Å². The van der Waals surface area contributed by atoms with E-state index in [1.807, 2.05) is 6.92 Å². The highest BCUT2D eigenvalue weighted by Gasteiger charge is 2.16. The molecular formula is C27H38N2O. The Kier molecular flexibility index (Phi) is 8.28. The molecule has 2 heterocycles. The van der Waals surface area contributed by atoms with E-state index in [1.165, 1.54) is 30.5 Å². The highest BCUT2D eigenvalue weighted by molar-refractivity contribution is 6.12. The molecular weight excluding hydrogens is 368 g/mol. The van der Waals surface area contributed by atoms with Crippen LogP contribution in [0.1, 0.15) is 72.1 Å². The lowest BCUT2D eigenvalue weighted by Crippen LogP contribution is -2.29. The summed E-state index contributed by atoms with van der Waals surface area (Å²) in [5.74, 6) is 0.926. The number of nitrogens with zero attached hydrogens (tertiary/aromatic N) is 2. The van der Waals surface area contributed by atoms with Gasteiger partial charge in [-0.05, 0) is 82.2 Å². The van der Waals surface area contributed by atoms with Crippen molar-refractivity contribution in [3.8, 4) is 0 Å².